The summed E-state index contributed by atoms with van der Waals surface area (Å²) in [5.74, 6) is 0.914. The quantitative estimate of drug-likeness (QED) is 0.690. The van der Waals surface area contributed by atoms with Gasteiger partial charge in [0.05, 0.1) is 24.9 Å². The van der Waals surface area contributed by atoms with E-state index in [2.05, 4.69) is 13.8 Å². The van der Waals surface area contributed by atoms with E-state index in [1.54, 1.807) is 30.5 Å². The molecule has 0 radical (unpaired) electrons. The van der Waals surface area contributed by atoms with Crippen LogP contribution in [0.15, 0.2) is 40.7 Å². The number of carbonyl (C=O) groups is 1. The van der Waals surface area contributed by atoms with Crippen molar-refractivity contribution < 1.29 is 24.0 Å². The van der Waals surface area contributed by atoms with Crippen molar-refractivity contribution in [3.05, 3.63) is 53.2 Å². The van der Waals surface area contributed by atoms with E-state index in [9.17, 15) is 9.90 Å². The SMILES string of the molecule is CCCC[NH+](CCCC)Cc1c([O-])ccc2c1O/C(=C\c1ccco1)C2=O. The van der Waals surface area contributed by atoms with Crippen LogP contribution >= 0.6 is 0 Å². The number of Topliss-reactive ketones (excluding diaryl/α,β-unsaturated/α-hetero) is 1. The first-order valence-electron chi connectivity index (χ1n) is 9.78. The molecule has 1 aromatic carbocycles. The maximum absolute atomic E-state index is 12.7. The topological polar surface area (TPSA) is 66.9 Å². The molecule has 1 aromatic heterocycles. The molecule has 0 spiro atoms. The third-order valence-electron chi connectivity index (χ3n) is 4.91. The molecule has 5 heteroatoms. The van der Waals surface area contributed by atoms with Crippen molar-refractivity contribution >= 4 is 11.9 Å². The van der Waals surface area contributed by atoms with E-state index in [1.165, 1.54) is 11.0 Å². The molecular formula is C22H27NO4. The second kappa shape index (κ2) is 8.91. The van der Waals surface area contributed by atoms with Crippen molar-refractivity contribution in [3.8, 4) is 11.5 Å². The first-order chi connectivity index (χ1) is 13.1. The van der Waals surface area contributed by atoms with Crippen molar-refractivity contribution in [2.75, 3.05) is 13.1 Å². The van der Waals surface area contributed by atoms with E-state index >= 15 is 0 Å². The number of allylic oxidation sites excluding steroid dienone is 1. The summed E-state index contributed by atoms with van der Waals surface area (Å²) in [6, 6.07) is 6.57. The van der Waals surface area contributed by atoms with E-state index in [0.717, 1.165) is 38.8 Å². The Kier molecular flexibility index (Phi) is 6.35. The summed E-state index contributed by atoms with van der Waals surface area (Å²) in [7, 11) is 0. The molecule has 0 atom stereocenters. The van der Waals surface area contributed by atoms with Crippen LogP contribution in [-0.4, -0.2) is 18.9 Å². The number of rotatable bonds is 9. The number of hydrogen-bond donors (Lipinski definition) is 1. The van der Waals surface area contributed by atoms with Crippen LogP contribution in [0.25, 0.3) is 6.08 Å². The fourth-order valence-electron chi connectivity index (χ4n) is 3.36. The van der Waals surface area contributed by atoms with Gasteiger partial charge in [0, 0.05) is 11.6 Å². The predicted molar refractivity (Wildman–Crippen MR) is 102 cm³/mol. The minimum Gasteiger partial charge on any atom is -0.872 e. The van der Waals surface area contributed by atoms with Crippen LogP contribution in [0.5, 0.6) is 11.5 Å². The third kappa shape index (κ3) is 4.42. The van der Waals surface area contributed by atoms with Gasteiger partial charge in [-0.2, -0.15) is 0 Å². The maximum Gasteiger partial charge on any atom is 0.232 e. The van der Waals surface area contributed by atoms with E-state index < -0.39 is 0 Å². The fraction of sp³-hybridized carbons (Fsp3) is 0.409. The third-order valence-corrected chi connectivity index (χ3v) is 4.91. The largest absolute Gasteiger partial charge is 0.872 e. The molecule has 144 valence electrons. The van der Waals surface area contributed by atoms with Crippen molar-refractivity contribution in [2.24, 2.45) is 0 Å². The number of furan rings is 1. The van der Waals surface area contributed by atoms with Crippen LogP contribution < -0.4 is 14.7 Å². The molecule has 3 rings (SSSR count). The number of fused-ring (bicyclic) bond motifs is 1. The second-order valence-corrected chi connectivity index (χ2v) is 7.01. The molecule has 27 heavy (non-hydrogen) atoms. The zero-order valence-corrected chi connectivity index (χ0v) is 16.0. The summed E-state index contributed by atoms with van der Waals surface area (Å²) in [6.07, 6.45) is 7.60. The van der Waals surface area contributed by atoms with Gasteiger partial charge in [-0.3, -0.25) is 4.79 Å². The van der Waals surface area contributed by atoms with Gasteiger partial charge in [0.2, 0.25) is 5.78 Å². The molecule has 0 amide bonds. The minimum absolute atomic E-state index is 0.0636. The summed E-state index contributed by atoms with van der Waals surface area (Å²) in [5, 5.41) is 12.5. The van der Waals surface area contributed by atoms with Gasteiger partial charge in [-0.1, -0.05) is 38.5 Å². The molecule has 0 unspecified atom stereocenters. The highest BCUT2D eigenvalue weighted by Crippen LogP contribution is 2.38. The Morgan fingerprint density at radius 2 is 1.85 bits per heavy atom. The van der Waals surface area contributed by atoms with Crippen molar-refractivity contribution in [3.63, 3.8) is 0 Å². The number of hydrogen-bond acceptors (Lipinski definition) is 4. The van der Waals surface area contributed by atoms with Crippen LogP contribution in [0.2, 0.25) is 0 Å². The molecular weight excluding hydrogens is 342 g/mol. The highest BCUT2D eigenvalue weighted by Gasteiger charge is 2.31. The summed E-state index contributed by atoms with van der Waals surface area (Å²) >= 11 is 0. The lowest BCUT2D eigenvalue weighted by Gasteiger charge is -2.23. The first-order valence-corrected chi connectivity index (χ1v) is 9.78. The zero-order chi connectivity index (χ0) is 19.2. The summed E-state index contributed by atoms with van der Waals surface area (Å²) in [6.45, 7) is 6.96. The first kappa shape index (κ1) is 19.2. The monoisotopic (exact) mass is 369 g/mol. The number of benzene rings is 1. The lowest BCUT2D eigenvalue weighted by Crippen LogP contribution is -3.10. The number of unbranched alkanes of at least 4 members (excludes halogenated alkanes) is 2. The van der Waals surface area contributed by atoms with Crippen LogP contribution in [0.4, 0.5) is 0 Å². The molecule has 0 saturated heterocycles. The summed E-state index contributed by atoms with van der Waals surface area (Å²) in [4.78, 5) is 14.0. The Morgan fingerprint density at radius 3 is 2.48 bits per heavy atom. The van der Waals surface area contributed by atoms with Crippen LogP contribution in [0.1, 0.15) is 61.2 Å². The summed E-state index contributed by atoms with van der Waals surface area (Å²) in [5.41, 5.74) is 1.07. The van der Waals surface area contributed by atoms with Crippen molar-refractivity contribution in [2.45, 2.75) is 46.1 Å². The molecule has 1 N–H and O–H groups in total. The molecule has 1 aliphatic rings. The van der Waals surface area contributed by atoms with Gasteiger partial charge in [0.1, 0.15) is 18.1 Å². The normalized spacial score (nSPS) is 14.8. The van der Waals surface area contributed by atoms with Gasteiger partial charge in [-0.05, 0) is 31.0 Å². The maximum atomic E-state index is 12.7. The average molecular weight is 369 g/mol. The Labute approximate surface area is 160 Å². The summed E-state index contributed by atoms with van der Waals surface area (Å²) < 4.78 is 11.1. The van der Waals surface area contributed by atoms with Crippen LogP contribution in [0, 0.1) is 0 Å². The molecule has 2 heterocycles. The minimum atomic E-state index is -0.202. The van der Waals surface area contributed by atoms with E-state index in [0.29, 0.717) is 29.2 Å². The van der Waals surface area contributed by atoms with E-state index in [4.69, 9.17) is 9.15 Å². The molecule has 0 saturated carbocycles. The Morgan fingerprint density at radius 1 is 1.11 bits per heavy atom. The molecule has 2 aromatic rings. The molecule has 0 aliphatic carbocycles. The Hall–Kier alpha value is -2.53. The van der Waals surface area contributed by atoms with E-state index in [-0.39, 0.29) is 17.3 Å². The number of ether oxygens (including phenoxy) is 1. The van der Waals surface area contributed by atoms with Gasteiger partial charge in [0.15, 0.2) is 5.76 Å². The number of quaternary nitrogens is 1. The molecule has 0 fully saturated rings. The Balaban J connectivity index is 1.87. The van der Waals surface area contributed by atoms with Crippen molar-refractivity contribution in [1.29, 1.82) is 0 Å². The number of ketones is 1. The van der Waals surface area contributed by atoms with Gasteiger partial charge >= 0.3 is 0 Å². The van der Waals surface area contributed by atoms with Gasteiger partial charge in [-0.25, -0.2) is 0 Å². The number of carbonyl (C=O) groups excluding carboxylic acids is 1. The number of nitrogens with one attached hydrogen (secondary N) is 1. The van der Waals surface area contributed by atoms with Gasteiger partial charge < -0.3 is 19.2 Å². The highest BCUT2D eigenvalue weighted by molar-refractivity contribution is 6.14. The van der Waals surface area contributed by atoms with E-state index in [1.807, 2.05) is 0 Å². The fourth-order valence-corrected chi connectivity index (χ4v) is 3.36. The molecule has 5 nitrogen and oxygen atoms in total. The van der Waals surface area contributed by atoms with Crippen molar-refractivity contribution in [1.82, 2.24) is 0 Å². The Bertz CT molecular complexity index is 800. The van der Waals surface area contributed by atoms with Crippen LogP contribution in [0.3, 0.4) is 0 Å². The van der Waals surface area contributed by atoms with Crippen LogP contribution in [-0.2, 0) is 6.54 Å². The highest BCUT2D eigenvalue weighted by atomic mass is 16.5. The smallest absolute Gasteiger partial charge is 0.232 e. The lowest BCUT2D eigenvalue weighted by atomic mass is 10.0. The zero-order valence-electron chi connectivity index (χ0n) is 16.0. The van der Waals surface area contributed by atoms with Gasteiger partial charge in [0.25, 0.3) is 0 Å². The molecule has 0 bridgehead atoms. The average Bonchev–Trinajstić information content (AvgIpc) is 3.28. The van der Waals surface area contributed by atoms with Gasteiger partial charge in [-0.15, -0.1) is 0 Å². The standard InChI is InChI=1S/C22H27NO4/c1-3-5-11-23(12-6-4-2)15-18-19(24)10-9-17-21(25)20(27-22(17)18)14-16-8-7-13-26-16/h7-10,13-14,24H,3-6,11-12,15H2,1-2H3/b20-14-. The molecule has 1 aliphatic heterocycles. The predicted octanol–water partition coefficient (Wildman–Crippen LogP) is 2.95. The lowest BCUT2D eigenvalue weighted by molar-refractivity contribution is -0.914. The second-order valence-electron chi connectivity index (χ2n) is 7.01.